The largest absolute Gasteiger partial charge is 0.299 e. The molecule has 3 aliphatic rings. The maximum atomic E-state index is 2.80. The minimum atomic E-state index is 0.846. The first-order valence-electron chi connectivity index (χ1n) is 7.25. The van der Waals surface area contributed by atoms with Crippen molar-refractivity contribution in [2.75, 3.05) is 13.1 Å². The molecular weight excluding hydrogens is 206 g/mol. The van der Waals surface area contributed by atoms with Gasteiger partial charge in [0.25, 0.3) is 0 Å². The zero-order chi connectivity index (χ0) is 11.2. The highest BCUT2D eigenvalue weighted by molar-refractivity contribution is 5.36. The summed E-state index contributed by atoms with van der Waals surface area (Å²) in [7, 11) is 0. The highest BCUT2D eigenvalue weighted by Crippen LogP contribution is 2.46. The van der Waals surface area contributed by atoms with E-state index >= 15 is 0 Å². The molecule has 1 nitrogen and oxygen atoms in total. The summed E-state index contributed by atoms with van der Waals surface area (Å²) in [5.41, 5.74) is 3.34. The minimum Gasteiger partial charge on any atom is -0.299 e. The molecule has 0 radical (unpaired) electrons. The van der Waals surface area contributed by atoms with Crippen molar-refractivity contribution in [1.82, 2.24) is 4.90 Å². The normalized spacial score (nSPS) is 36.1. The molecule has 90 valence electrons. The molecule has 2 heterocycles. The Morgan fingerprint density at radius 1 is 1.00 bits per heavy atom. The van der Waals surface area contributed by atoms with E-state index in [2.05, 4.69) is 29.2 Å². The molecule has 2 fully saturated rings. The lowest BCUT2D eigenvalue weighted by molar-refractivity contribution is 0.0350. The van der Waals surface area contributed by atoms with Gasteiger partial charge in [-0.25, -0.2) is 0 Å². The Labute approximate surface area is 104 Å². The molecule has 1 aromatic carbocycles. The van der Waals surface area contributed by atoms with Gasteiger partial charge in [-0.3, -0.25) is 4.90 Å². The number of hydrogen-bond donors (Lipinski definition) is 0. The topological polar surface area (TPSA) is 3.24 Å². The smallest absolute Gasteiger partial charge is 0.0195 e. The number of fused-ring (bicyclic) bond motifs is 2. The highest BCUT2D eigenvalue weighted by Gasteiger charge is 2.43. The van der Waals surface area contributed by atoms with Gasteiger partial charge in [0, 0.05) is 12.0 Å². The molecule has 4 rings (SSSR count). The maximum absolute atomic E-state index is 2.80. The van der Waals surface area contributed by atoms with E-state index in [4.69, 9.17) is 0 Å². The van der Waals surface area contributed by atoms with E-state index in [0.29, 0.717) is 0 Å². The van der Waals surface area contributed by atoms with Crippen molar-refractivity contribution >= 4 is 0 Å². The number of rotatable bonds is 0. The molecule has 0 unspecified atom stereocenters. The highest BCUT2D eigenvalue weighted by atomic mass is 15.2. The lowest BCUT2D eigenvalue weighted by atomic mass is 9.66. The first-order valence-corrected chi connectivity index (χ1v) is 7.25. The number of piperidine rings is 2. The molecule has 3 atom stereocenters. The second-order valence-electron chi connectivity index (χ2n) is 6.08. The average molecular weight is 227 g/mol. The number of benzene rings is 1. The Hall–Kier alpha value is -0.820. The fourth-order valence-corrected chi connectivity index (χ4v) is 4.63. The summed E-state index contributed by atoms with van der Waals surface area (Å²) in [6.07, 6.45) is 7.06. The number of hydrogen-bond acceptors (Lipinski definition) is 1. The maximum Gasteiger partial charge on any atom is 0.0195 e. The van der Waals surface area contributed by atoms with Crippen LogP contribution in [0.25, 0.3) is 0 Å². The van der Waals surface area contributed by atoms with Crippen molar-refractivity contribution in [1.29, 1.82) is 0 Å². The van der Waals surface area contributed by atoms with E-state index in [0.717, 1.165) is 17.9 Å². The van der Waals surface area contributed by atoms with Gasteiger partial charge >= 0.3 is 0 Å². The van der Waals surface area contributed by atoms with Crippen LogP contribution in [-0.4, -0.2) is 24.0 Å². The van der Waals surface area contributed by atoms with Crippen LogP contribution in [-0.2, 0) is 6.42 Å². The molecule has 17 heavy (non-hydrogen) atoms. The fourth-order valence-electron chi connectivity index (χ4n) is 4.63. The lowest BCUT2D eigenvalue weighted by Crippen LogP contribution is -2.54. The van der Waals surface area contributed by atoms with E-state index in [1.54, 1.807) is 11.1 Å². The Morgan fingerprint density at radius 3 is 2.76 bits per heavy atom. The summed E-state index contributed by atoms with van der Waals surface area (Å²) < 4.78 is 0. The standard InChI is InChI=1S/C16H21N/c1-2-7-14-12(5-1)11-13-6-3-9-17-10-4-8-15(14)16(13)17/h1-2,5,7,13,15-16H,3-4,6,8-11H2/t13-,15-,16-/m1/s1. The third-order valence-corrected chi connectivity index (χ3v) is 5.23. The molecule has 0 bridgehead atoms. The summed E-state index contributed by atoms with van der Waals surface area (Å²) in [5.74, 6) is 1.79. The average Bonchev–Trinajstić information content (AvgIpc) is 2.39. The summed E-state index contributed by atoms with van der Waals surface area (Å²) in [4.78, 5) is 2.80. The quantitative estimate of drug-likeness (QED) is 0.658. The predicted octanol–water partition coefficient (Wildman–Crippen LogP) is 3.20. The Morgan fingerprint density at radius 2 is 1.82 bits per heavy atom. The van der Waals surface area contributed by atoms with Gasteiger partial charge in [0.05, 0.1) is 0 Å². The fraction of sp³-hybridized carbons (Fsp3) is 0.625. The summed E-state index contributed by atoms with van der Waals surface area (Å²) >= 11 is 0. The molecule has 0 spiro atoms. The van der Waals surface area contributed by atoms with Gasteiger partial charge in [-0.15, -0.1) is 0 Å². The Bertz CT molecular complexity index is 423. The van der Waals surface area contributed by atoms with Gasteiger partial charge < -0.3 is 0 Å². The SMILES string of the molecule is c1ccc2c(c1)C[C@H]1CCCN3CCC[C@H]2[C@@H]13. The first kappa shape index (κ1) is 10.1. The number of nitrogens with zero attached hydrogens (tertiary/aromatic N) is 1. The molecule has 0 saturated carbocycles. The van der Waals surface area contributed by atoms with Crippen molar-refractivity contribution < 1.29 is 0 Å². The van der Waals surface area contributed by atoms with Crippen LogP contribution in [0.2, 0.25) is 0 Å². The zero-order valence-corrected chi connectivity index (χ0v) is 10.4. The van der Waals surface area contributed by atoms with Crippen molar-refractivity contribution in [3.8, 4) is 0 Å². The van der Waals surface area contributed by atoms with Crippen molar-refractivity contribution in [3.05, 3.63) is 35.4 Å². The third kappa shape index (κ3) is 1.48. The van der Waals surface area contributed by atoms with Crippen LogP contribution in [0.15, 0.2) is 24.3 Å². The monoisotopic (exact) mass is 227 g/mol. The van der Waals surface area contributed by atoms with E-state index in [9.17, 15) is 0 Å². The van der Waals surface area contributed by atoms with Crippen molar-refractivity contribution in [2.24, 2.45) is 5.92 Å². The lowest BCUT2D eigenvalue weighted by Gasteiger charge is -2.52. The van der Waals surface area contributed by atoms with E-state index in [1.165, 1.54) is 45.2 Å². The summed E-state index contributed by atoms with van der Waals surface area (Å²) in [6.45, 7) is 2.72. The van der Waals surface area contributed by atoms with Crippen molar-refractivity contribution in [2.45, 2.75) is 44.1 Å². The van der Waals surface area contributed by atoms with Crippen LogP contribution in [0.5, 0.6) is 0 Å². The molecular formula is C16H21N. The second kappa shape index (κ2) is 3.84. The molecule has 0 aromatic heterocycles. The molecule has 1 heteroatoms. The van der Waals surface area contributed by atoms with Crippen molar-refractivity contribution in [3.63, 3.8) is 0 Å². The van der Waals surface area contributed by atoms with Gasteiger partial charge in [0.15, 0.2) is 0 Å². The molecule has 0 N–H and O–H groups in total. The molecule has 2 aliphatic heterocycles. The minimum absolute atomic E-state index is 0.846. The van der Waals surface area contributed by atoms with Crippen LogP contribution >= 0.6 is 0 Å². The molecule has 1 aliphatic carbocycles. The Balaban J connectivity index is 1.79. The van der Waals surface area contributed by atoms with Gasteiger partial charge in [-0.1, -0.05) is 24.3 Å². The van der Waals surface area contributed by atoms with Gasteiger partial charge in [-0.05, 0) is 62.2 Å². The first-order chi connectivity index (χ1) is 8.43. The molecule has 0 amide bonds. The van der Waals surface area contributed by atoms with Crippen LogP contribution in [0.1, 0.15) is 42.7 Å². The third-order valence-electron chi connectivity index (χ3n) is 5.23. The van der Waals surface area contributed by atoms with Crippen LogP contribution in [0.3, 0.4) is 0 Å². The zero-order valence-electron chi connectivity index (χ0n) is 10.4. The van der Waals surface area contributed by atoms with E-state index in [1.807, 2.05) is 0 Å². The molecule has 1 aromatic rings. The summed E-state index contributed by atoms with van der Waals surface area (Å²) in [5, 5.41) is 0. The van der Waals surface area contributed by atoms with E-state index in [-0.39, 0.29) is 0 Å². The predicted molar refractivity (Wildman–Crippen MR) is 70.2 cm³/mol. The van der Waals surface area contributed by atoms with E-state index < -0.39 is 0 Å². The van der Waals surface area contributed by atoms with Gasteiger partial charge in [0.1, 0.15) is 0 Å². The van der Waals surface area contributed by atoms with Crippen LogP contribution in [0.4, 0.5) is 0 Å². The molecule has 2 saturated heterocycles. The van der Waals surface area contributed by atoms with Crippen LogP contribution < -0.4 is 0 Å². The second-order valence-corrected chi connectivity index (χ2v) is 6.08. The summed E-state index contributed by atoms with van der Waals surface area (Å²) in [6, 6.07) is 10.1. The Kier molecular flexibility index (Phi) is 2.29. The van der Waals surface area contributed by atoms with Gasteiger partial charge in [0.2, 0.25) is 0 Å². The van der Waals surface area contributed by atoms with Crippen LogP contribution in [0, 0.1) is 5.92 Å². The van der Waals surface area contributed by atoms with Gasteiger partial charge in [-0.2, -0.15) is 0 Å².